The van der Waals surface area contributed by atoms with Gasteiger partial charge in [-0.1, -0.05) is 6.07 Å². The standard InChI is InChI=1S/C9H8F2O2/c1-9(12)8(13-9)6-3-2-5(10)4-7(6)11/h2-4,8,12H,1H3. The molecule has 1 heterocycles. The fourth-order valence-electron chi connectivity index (χ4n) is 1.27. The molecule has 0 amide bonds. The summed E-state index contributed by atoms with van der Waals surface area (Å²) in [6.45, 7) is 1.43. The Morgan fingerprint density at radius 1 is 1.46 bits per heavy atom. The fraction of sp³-hybridized carbons (Fsp3) is 0.333. The average Bonchev–Trinajstić information content (AvgIpc) is 2.59. The summed E-state index contributed by atoms with van der Waals surface area (Å²) >= 11 is 0. The molecule has 2 nitrogen and oxygen atoms in total. The predicted molar refractivity (Wildman–Crippen MR) is 40.8 cm³/mol. The molecule has 0 aromatic heterocycles. The van der Waals surface area contributed by atoms with Gasteiger partial charge >= 0.3 is 0 Å². The fourth-order valence-corrected chi connectivity index (χ4v) is 1.27. The number of ether oxygens (including phenoxy) is 1. The highest BCUT2D eigenvalue weighted by Gasteiger charge is 2.53. The van der Waals surface area contributed by atoms with E-state index in [9.17, 15) is 13.9 Å². The first-order valence-corrected chi connectivity index (χ1v) is 3.86. The summed E-state index contributed by atoms with van der Waals surface area (Å²) in [4.78, 5) is 0. The van der Waals surface area contributed by atoms with E-state index in [1.165, 1.54) is 13.0 Å². The van der Waals surface area contributed by atoms with Crippen LogP contribution < -0.4 is 0 Å². The zero-order chi connectivity index (χ0) is 9.64. The Kier molecular flexibility index (Phi) is 1.65. The van der Waals surface area contributed by atoms with E-state index in [-0.39, 0.29) is 5.56 Å². The monoisotopic (exact) mass is 186 g/mol. The van der Waals surface area contributed by atoms with Gasteiger partial charge < -0.3 is 9.84 Å². The van der Waals surface area contributed by atoms with Crippen molar-refractivity contribution in [3.05, 3.63) is 35.4 Å². The van der Waals surface area contributed by atoms with Crippen molar-refractivity contribution in [1.29, 1.82) is 0 Å². The van der Waals surface area contributed by atoms with Gasteiger partial charge in [0.25, 0.3) is 0 Å². The van der Waals surface area contributed by atoms with Crippen molar-refractivity contribution in [2.24, 2.45) is 0 Å². The second-order valence-electron chi connectivity index (χ2n) is 3.22. The predicted octanol–water partition coefficient (Wildman–Crippen LogP) is 1.74. The van der Waals surface area contributed by atoms with Crippen molar-refractivity contribution in [3.63, 3.8) is 0 Å². The Morgan fingerprint density at radius 2 is 2.08 bits per heavy atom. The highest BCUT2D eigenvalue weighted by Crippen LogP contribution is 2.47. The lowest BCUT2D eigenvalue weighted by molar-refractivity contribution is 0.0549. The Labute approximate surface area is 73.8 Å². The quantitative estimate of drug-likeness (QED) is 0.677. The van der Waals surface area contributed by atoms with Crippen LogP contribution in [0.5, 0.6) is 0 Å². The van der Waals surface area contributed by atoms with Crippen molar-refractivity contribution in [3.8, 4) is 0 Å². The normalized spacial score (nSPS) is 31.8. The molecular formula is C9H8F2O2. The number of hydrogen-bond acceptors (Lipinski definition) is 2. The maximum atomic E-state index is 13.1. The Balaban J connectivity index is 2.33. The lowest BCUT2D eigenvalue weighted by atomic mass is 10.1. The Bertz CT molecular complexity index is 349. The number of hydrogen-bond donors (Lipinski definition) is 1. The van der Waals surface area contributed by atoms with Crippen LogP contribution in [0.3, 0.4) is 0 Å². The molecule has 2 rings (SSSR count). The molecule has 0 saturated carbocycles. The molecule has 4 heteroatoms. The van der Waals surface area contributed by atoms with Gasteiger partial charge in [-0.3, -0.25) is 0 Å². The Hall–Kier alpha value is -1.00. The molecule has 1 N–H and O–H groups in total. The molecule has 70 valence electrons. The van der Waals surface area contributed by atoms with Gasteiger partial charge in [-0.05, 0) is 13.0 Å². The topological polar surface area (TPSA) is 32.8 Å². The molecule has 0 spiro atoms. The molecule has 1 aromatic rings. The first-order chi connectivity index (χ1) is 6.00. The largest absolute Gasteiger partial charge is 0.363 e. The van der Waals surface area contributed by atoms with E-state index in [0.717, 1.165) is 12.1 Å². The van der Waals surface area contributed by atoms with E-state index in [1.54, 1.807) is 0 Å². The molecule has 1 aromatic carbocycles. The van der Waals surface area contributed by atoms with Crippen LogP contribution in [0.25, 0.3) is 0 Å². The SMILES string of the molecule is CC1(O)OC1c1ccc(F)cc1F. The third-order valence-electron chi connectivity index (χ3n) is 2.03. The third-order valence-corrected chi connectivity index (χ3v) is 2.03. The van der Waals surface area contributed by atoms with Gasteiger partial charge in [-0.15, -0.1) is 0 Å². The highest BCUT2D eigenvalue weighted by atomic mass is 19.1. The molecule has 1 aliphatic rings. The molecule has 1 fully saturated rings. The minimum Gasteiger partial charge on any atom is -0.363 e. The van der Waals surface area contributed by atoms with Gasteiger partial charge in [0.1, 0.15) is 17.7 Å². The van der Waals surface area contributed by atoms with Crippen LogP contribution in [0.15, 0.2) is 18.2 Å². The molecule has 0 aliphatic carbocycles. The number of epoxide rings is 1. The maximum Gasteiger partial charge on any atom is 0.194 e. The Morgan fingerprint density at radius 3 is 2.54 bits per heavy atom. The summed E-state index contributed by atoms with van der Waals surface area (Å²) in [5.41, 5.74) is 0.186. The van der Waals surface area contributed by atoms with Crippen LogP contribution in [0.4, 0.5) is 8.78 Å². The van der Waals surface area contributed by atoms with Gasteiger partial charge in [0, 0.05) is 11.6 Å². The van der Waals surface area contributed by atoms with Gasteiger partial charge in [-0.2, -0.15) is 0 Å². The zero-order valence-corrected chi connectivity index (χ0v) is 6.92. The van der Waals surface area contributed by atoms with E-state index in [0.29, 0.717) is 0 Å². The van der Waals surface area contributed by atoms with Crippen LogP contribution in [-0.2, 0) is 4.74 Å². The summed E-state index contributed by atoms with van der Waals surface area (Å²) in [6.07, 6.45) is -0.673. The van der Waals surface area contributed by atoms with E-state index in [4.69, 9.17) is 4.74 Å². The van der Waals surface area contributed by atoms with Crippen molar-refractivity contribution in [1.82, 2.24) is 0 Å². The van der Waals surface area contributed by atoms with Gasteiger partial charge in [0.05, 0.1) is 0 Å². The van der Waals surface area contributed by atoms with Crippen molar-refractivity contribution >= 4 is 0 Å². The van der Waals surface area contributed by atoms with Crippen LogP contribution in [0, 0.1) is 11.6 Å². The summed E-state index contributed by atoms with van der Waals surface area (Å²) in [7, 11) is 0. The first kappa shape index (κ1) is 8.59. The highest BCUT2D eigenvalue weighted by molar-refractivity contribution is 5.26. The van der Waals surface area contributed by atoms with E-state index in [1.807, 2.05) is 0 Å². The smallest absolute Gasteiger partial charge is 0.194 e. The van der Waals surface area contributed by atoms with E-state index >= 15 is 0 Å². The lowest BCUT2D eigenvalue weighted by Crippen LogP contribution is -2.04. The van der Waals surface area contributed by atoms with Crippen molar-refractivity contribution in [2.75, 3.05) is 0 Å². The molecular weight excluding hydrogens is 178 g/mol. The molecule has 13 heavy (non-hydrogen) atoms. The summed E-state index contributed by atoms with van der Waals surface area (Å²) in [6, 6.07) is 3.18. The number of aliphatic hydroxyl groups is 1. The molecule has 1 saturated heterocycles. The molecule has 1 aliphatic heterocycles. The summed E-state index contributed by atoms with van der Waals surface area (Å²) in [5.74, 6) is -2.64. The number of halogens is 2. The number of rotatable bonds is 1. The van der Waals surface area contributed by atoms with E-state index in [2.05, 4.69) is 0 Å². The van der Waals surface area contributed by atoms with Crippen molar-refractivity contribution in [2.45, 2.75) is 18.8 Å². The van der Waals surface area contributed by atoms with E-state index < -0.39 is 23.5 Å². The van der Waals surface area contributed by atoms with Gasteiger partial charge in [0.15, 0.2) is 5.79 Å². The van der Waals surface area contributed by atoms with Crippen molar-refractivity contribution < 1.29 is 18.6 Å². The van der Waals surface area contributed by atoms with Crippen LogP contribution in [0.2, 0.25) is 0 Å². The molecule has 2 unspecified atom stereocenters. The van der Waals surface area contributed by atoms with Crippen LogP contribution >= 0.6 is 0 Å². The maximum absolute atomic E-state index is 13.1. The minimum atomic E-state index is -1.31. The minimum absolute atomic E-state index is 0.186. The summed E-state index contributed by atoms with van der Waals surface area (Å²) < 4.78 is 30.3. The lowest BCUT2D eigenvalue weighted by Gasteiger charge is -1.99. The molecule has 0 radical (unpaired) electrons. The van der Waals surface area contributed by atoms with Crippen LogP contribution in [-0.4, -0.2) is 10.9 Å². The second kappa shape index (κ2) is 2.49. The molecule has 2 atom stereocenters. The first-order valence-electron chi connectivity index (χ1n) is 3.86. The van der Waals surface area contributed by atoms with Gasteiger partial charge in [-0.25, -0.2) is 8.78 Å². The summed E-state index contributed by atoms with van der Waals surface area (Å²) in [5, 5.41) is 9.26. The number of benzene rings is 1. The average molecular weight is 186 g/mol. The molecule has 0 bridgehead atoms. The van der Waals surface area contributed by atoms with Gasteiger partial charge in [0.2, 0.25) is 0 Å². The van der Waals surface area contributed by atoms with Crippen LogP contribution in [0.1, 0.15) is 18.6 Å². The zero-order valence-electron chi connectivity index (χ0n) is 6.92. The third kappa shape index (κ3) is 1.43. The second-order valence-corrected chi connectivity index (χ2v) is 3.22.